The number of rotatable bonds is 8. The fourth-order valence-corrected chi connectivity index (χ4v) is 8.73. The molecule has 4 aromatic carbocycles. The average Bonchev–Trinajstić information content (AvgIpc) is 3.82. The van der Waals surface area contributed by atoms with E-state index in [9.17, 15) is 20.4 Å². The van der Waals surface area contributed by atoms with Crippen LogP contribution in [0.2, 0.25) is 0 Å². The number of hydrogen-bond acceptors (Lipinski definition) is 8. The maximum Gasteiger partial charge on any atom is 0.129 e. The minimum absolute atomic E-state index is 0.0227. The van der Waals surface area contributed by atoms with E-state index in [1.54, 1.807) is 36.4 Å². The van der Waals surface area contributed by atoms with Crippen molar-refractivity contribution in [3.05, 3.63) is 106 Å². The van der Waals surface area contributed by atoms with Gasteiger partial charge in [-0.2, -0.15) is 0 Å². The van der Waals surface area contributed by atoms with Gasteiger partial charge in [0.2, 0.25) is 0 Å². The molecular weight excluding hydrogens is 632 g/mol. The first-order chi connectivity index (χ1) is 24.3. The van der Waals surface area contributed by atoms with E-state index < -0.39 is 0 Å². The third-order valence-electron chi connectivity index (χ3n) is 10.9. The summed E-state index contributed by atoms with van der Waals surface area (Å²) < 4.78 is 24.1. The molecule has 8 nitrogen and oxygen atoms in total. The largest absolute Gasteiger partial charge is 0.508 e. The Morgan fingerprint density at radius 3 is 1.32 bits per heavy atom. The van der Waals surface area contributed by atoms with Gasteiger partial charge in [-0.1, -0.05) is 37.1 Å². The standard InChI is InChI=1S/2C21H24O4/c2*1-2-24-12-14-10-16(23)11-19-17-4-3-5-18(17)20(25-21(14)19)13-6-8-15(22)9-7-13/h2*6-11,17-18,20,22-23H,2-5,12H2,1H3/t2*17-,18+,20+/m10/s1. The smallest absolute Gasteiger partial charge is 0.129 e. The van der Waals surface area contributed by atoms with Crippen molar-refractivity contribution in [3.8, 4) is 34.5 Å². The molecule has 4 aliphatic rings. The van der Waals surface area contributed by atoms with Gasteiger partial charge in [0.05, 0.1) is 13.2 Å². The quantitative estimate of drug-likeness (QED) is 0.145. The second kappa shape index (κ2) is 14.8. The van der Waals surface area contributed by atoms with Gasteiger partial charge in [-0.15, -0.1) is 0 Å². The number of phenols is 4. The van der Waals surface area contributed by atoms with Gasteiger partial charge in [0.15, 0.2) is 0 Å². The Kier molecular flexibility index (Phi) is 10.1. The second-order valence-electron chi connectivity index (χ2n) is 14.0. The molecular formula is C42H48O8. The molecule has 2 saturated carbocycles. The van der Waals surface area contributed by atoms with Crippen LogP contribution < -0.4 is 9.47 Å². The van der Waals surface area contributed by atoms with E-state index in [0.29, 0.717) is 50.1 Å². The summed E-state index contributed by atoms with van der Waals surface area (Å²) in [4.78, 5) is 0. The minimum Gasteiger partial charge on any atom is -0.508 e. The molecule has 264 valence electrons. The molecule has 8 rings (SSSR count). The number of ether oxygens (including phenoxy) is 4. The van der Waals surface area contributed by atoms with Crippen molar-refractivity contribution < 1.29 is 39.4 Å². The van der Waals surface area contributed by atoms with Crippen LogP contribution >= 0.6 is 0 Å². The van der Waals surface area contributed by atoms with E-state index in [0.717, 1.165) is 70.6 Å². The SMILES string of the molecule is CCOCc1cc(O)cc2c1O[C@@H](c1ccc(O)cc1)[C@H]1CCC[C@@H]21.CCOCc1cc(O)cc2c1O[C@H](c1ccc(O)cc1)[C@@H]1CCC[C@H]21. The van der Waals surface area contributed by atoms with Crippen LogP contribution in [0.3, 0.4) is 0 Å². The van der Waals surface area contributed by atoms with Crippen LogP contribution in [0.1, 0.15) is 110 Å². The Balaban J connectivity index is 0.000000157. The molecule has 2 aliphatic carbocycles. The van der Waals surface area contributed by atoms with E-state index in [2.05, 4.69) is 0 Å². The lowest BCUT2D eigenvalue weighted by Gasteiger charge is -2.37. The normalized spacial score (nSPS) is 24.4. The first kappa shape index (κ1) is 34.1. The molecule has 2 aliphatic heterocycles. The molecule has 0 amide bonds. The van der Waals surface area contributed by atoms with Crippen molar-refractivity contribution in [1.82, 2.24) is 0 Å². The van der Waals surface area contributed by atoms with Crippen molar-refractivity contribution >= 4 is 0 Å². The third-order valence-corrected chi connectivity index (χ3v) is 10.9. The lowest BCUT2D eigenvalue weighted by atomic mass is 9.79. The first-order valence-corrected chi connectivity index (χ1v) is 18.1. The van der Waals surface area contributed by atoms with Gasteiger partial charge in [-0.3, -0.25) is 0 Å². The number of fused-ring (bicyclic) bond motifs is 6. The van der Waals surface area contributed by atoms with Crippen LogP contribution in [0.4, 0.5) is 0 Å². The van der Waals surface area contributed by atoms with E-state index in [4.69, 9.17) is 18.9 Å². The fraction of sp³-hybridized carbons (Fsp3) is 0.429. The van der Waals surface area contributed by atoms with Crippen LogP contribution in [-0.2, 0) is 22.7 Å². The van der Waals surface area contributed by atoms with Crippen LogP contribution in [-0.4, -0.2) is 33.6 Å². The fourth-order valence-electron chi connectivity index (χ4n) is 8.73. The maximum atomic E-state index is 10.2. The van der Waals surface area contributed by atoms with Gasteiger partial charge in [0.25, 0.3) is 0 Å². The van der Waals surface area contributed by atoms with Crippen molar-refractivity contribution in [2.24, 2.45) is 11.8 Å². The highest BCUT2D eigenvalue weighted by molar-refractivity contribution is 5.52. The summed E-state index contributed by atoms with van der Waals surface area (Å²) in [6, 6.07) is 21.9. The molecule has 0 bridgehead atoms. The van der Waals surface area contributed by atoms with Crippen molar-refractivity contribution in [2.45, 2.75) is 89.6 Å². The van der Waals surface area contributed by atoms with Crippen molar-refractivity contribution in [2.75, 3.05) is 13.2 Å². The summed E-state index contributed by atoms with van der Waals surface area (Å²) >= 11 is 0. The summed E-state index contributed by atoms with van der Waals surface area (Å²) in [5.74, 6) is 4.44. The van der Waals surface area contributed by atoms with Gasteiger partial charge in [0, 0.05) is 47.3 Å². The summed E-state index contributed by atoms with van der Waals surface area (Å²) in [5, 5.41) is 39.5. The molecule has 0 radical (unpaired) electrons. The van der Waals surface area contributed by atoms with Gasteiger partial charge in [-0.25, -0.2) is 0 Å². The molecule has 0 aromatic heterocycles. The Morgan fingerprint density at radius 1 is 0.540 bits per heavy atom. The molecule has 8 heteroatoms. The lowest BCUT2D eigenvalue weighted by Crippen LogP contribution is -2.27. The Morgan fingerprint density at radius 2 is 0.940 bits per heavy atom. The van der Waals surface area contributed by atoms with Gasteiger partial charge < -0.3 is 39.4 Å². The van der Waals surface area contributed by atoms with Crippen LogP contribution in [0.15, 0.2) is 72.8 Å². The number of hydrogen-bond donors (Lipinski definition) is 4. The van der Waals surface area contributed by atoms with Gasteiger partial charge >= 0.3 is 0 Å². The third kappa shape index (κ3) is 6.83. The summed E-state index contributed by atoms with van der Waals surface area (Å²) in [7, 11) is 0. The average molecular weight is 681 g/mol. The summed E-state index contributed by atoms with van der Waals surface area (Å²) in [5.41, 5.74) is 6.24. The minimum atomic E-state index is -0.0227. The molecule has 0 unspecified atom stereocenters. The number of aromatic hydroxyl groups is 4. The Hall–Kier alpha value is -4.40. The van der Waals surface area contributed by atoms with Gasteiger partial charge in [0.1, 0.15) is 46.7 Å². The summed E-state index contributed by atoms with van der Waals surface area (Å²) in [6.45, 7) is 6.04. The zero-order valence-electron chi connectivity index (χ0n) is 28.9. The number of benzene rings is 4. The van der Waals surface area contributed by atoms with E-state index >= 15 is 0 Å². The molecule has 2 fully saturated rings. The van der Waals surface area contributed by atoms with Crippen molar-refractivity contribution in [1.29, 1.82) is 0 Å². The first-order valence-electron chi connectivity index (χ1n) is 18.1. The molecule has 6 atom stereocenters. The molecule has 0 spiro atoms. The zero-order valence-corrected chi connectivity index (χ0v) is 28.9. The number of phenolic OH excluding ortho intramolecular Hbond substituents is 4. The Bertz CT molecular complexity index is 1640. The monoisotopic (exact) mass is 680 g/mol. The van der Waals surface area contributed by atoms with Gasteiger partial charge in [-0.05, 0) is 111 Å². The van der Waals surface area contributed by atoms with E-state index in [-0.39, 0.29) is 35.2 Å². The maximum absolute atomic E-state index is 10.2. The highest BCUT2D eigenvalue weighted by atomic mass is 16.5. The molecule has 50 heavy (non-hydrogen) atoms. The lowest BCUT2D eigenvalue weighted by molar-refractivity contribution is 0.0917. The van der Waals surface area contributed by atoms with E-state index in [1.165, 1.54) is 12.8 Å². The molecule has 4 N–H and O–H groups in total. The molecule has 4 aromatic rings. The van der Waals surface area contributed by atoms with Crippen molar-refractivity contribution in [3.63, 3.8) is 0 Å². The topological polar surface area (TPSA) is 118 Å². The van der Waals surface area contributed by atoms with Crippen LogP contribution in [0.25, 0.3) is 0 Å². The zero-order chi connectivity index (χ0) is 34.8. The molecule has 0 saturated heterocycles. The molecule has 2 heterocycles. The second-order valence-corrected chi connectivity index (χ2v) is 14.0. The predicted molar refractivity (Wildman–Crippen MR) is 190 cm³/mol. The van der Waals surface area contributed by atoms with Crippen LogP contribution in [0.5, 0.6) is 34.5 Å². The van der Waals surface area contributed by atoms with Crippen LogP contribution in [0, 0.1) is 11.8 Å². The highest BCUT2D eigenvalue weighted by Gasteiger charge is 2.44. The van der Waals surface area contributed by atoms with E-state index in [1.807, 2.05) is 50.2 Å². The summed E-state index contributed by atoms with van der Waals surface area (Å²) in [6.07, 6.45) is 6.76. The highest BCUT2D eigenvalue weighted by Crippen LogP contribution is 2.57. The Labute approximate surface area is 294 Å². The predicted octanol–water partition coefficient (Wildman–Crippen LogP) is 9.30.